The monoisotopic (exact) mass is 481 g/mol. The van der Waals surface area contributed by atoms with Crippen LogP contribution < -0.4 is 10.2 Å². The number of hydrogen-bond acceptors (Lipinski definition) is 6. The van der Waals surface area contributed by atoms with E-state index in [2.05, 4.69) is 49.1 Å². The average molecular weight is 482 g/mol. The van der Waals surface area contributed by atoms with Crippen LogP contribution in [0.4, 0.5) is 5.82 Å². The summed E-state index contributed by atoms with van der Waals surface area (Å²) in [5.74, 6) is 2.92. The third-order valence-electron chi connectivity index (χ3n) is 8.88. The Morgan fingerprint density at radius 2 is 2.03 bits per heavy atom. The van der Waals surface area contributed by atoms with Gasteiger partial charge in [0, 0.05) is 50.0 Å². The maximum atomic E-state index is 12.6. The van der Waals surface area contributed by atoms with Crippen molar-refractivity contribution < 1.29 is 4.79 Å². The summed E-state index contributed by atoms with van der Waals surface area (Å²) in [5.41, 5.74) is 2.30. The third kappa shape index (κ3) is 5.18. The molecule has 1 amide bonds. The standard InChI is InChI=1S/C27H43N7O/c1-5-19(2)8-6-9-20(3)23-17-34-26(29-23)30-24(33-15-14-32(4)27(18-33)11-12-27)22(31-34)16-21-10-7-13-28-25(21)35/h17,19-21H,5-16,18H2,1-4H3,(H,28,35)/t19?,20?,21-/m1/s1. The molecule has 8 nitrogen and oxygen atoms in total. The molecule has 0 bridgehead atoms. The average Bonchev–Trinajstić information content (AvgIpc) is 3.50. The Morgan fingerprint density at radius 1 is 1.20 bits per heavy atom. The van der Waals surface area contributed by atoms with E-state index in [4.69, 9.17) is 15.1 Å². The minimum absolute atomic E-state index is 0.0286. The lowest BCUT2D eigenvalue weighted by Gasteiger charge is -2.41. The van der Waals surface area contributed by atoms with Gasteiger partial charge < -0.3 is 10.2 Å². The van der Waals surface area contributed by atoms with E-state index < -0.39 is 0 Å². The maximum Gasteiger partial charge on any atom is 0.252 e. The fourth-order valence-corrected chi connectivity index (χ4v) is 5.80. The van der Waals surface area contributed by atoms with Crippen molar-refractivity contribution in [2.24, 2.45) is 11.8 Å². The molecule has 4 heterocycles. The van der Waals surface area contributed by atoms with Gasteiger partial charge in [-0.15, -0.1) is 0 Å². The SMILES string of the molecule is CCC(C)CCCC(C)c1cn2nc(C[C@H]3CCCNC3=O)c(N3CCN(C)C4(CC4)C3)nc2n1. The first-order chi connectivity index (χ1) is 16.9. The number of nitrogens with zero attached hydrogens (tertiary/aromatic N) is 6. The molecule has 1 aliphatic carbocycles. The quantitative estimate of drug-likeness (QED) is 0.587. The molecular weight excluding hydrogens is 438 g/mol. The molecule has 3 atom stereocenters. The molecule has 3 fully saturated rings. The highest BCUT2D eigenvalue weighted by Gasteiger charge is 2.50. The van der Waals surface area contributed by atoms with Crippen LogP contribution >= 0.6 is 0 Å². The van der Waals surface area contributed by atoms with Crippen LogP contribution in [0.3, 0.4) is 0 Å². The first-order valence-corrected chi connectivity index (χ1v) is 13.9. The van der Waals surface area contributed by atoms with Crippen molar-refractivity contribution in [3.05, 3.63) is 17.6 Å². The van der Waals surface area contributed by atoms with Crippen LogP contribution in [0.2, 0.25) is 0 Å². The van der Waals surface area contributed by atoms with Crippen molar-refractivity contribution in [2.45, 2.75) is 90.0 Å². The Labute approximate surface area is 209 Å². The number of fused-ring (bicyclic) bond motifs is 1. The lowest BCUT2D eigenvalue weighted by Crippen LogP contribution is -2.54. The van der Waals surface area contributed by atoms with Crippen LogP contribution in [0.25, 0.3) is 5.78 Å². The van der Waals surface area contributed by atoms with E-state index in [0.717, 1.165) is 68.6 Å². The van der Waals surface area contributed by atoms with Gasteiger partial charge in [-0.25, -0.2) is 9.50 Å². The van der Waals surface area contributed by atoms with E-state index in [9.17, 15) is 4.79 Å². The predicted octanol–water partition coefficient (Wildman–Crippen LogP) is 3.80. The van der Waals surface area contributed by atoms with E-state index in [-0.39, 0.29) is 17.4 Å². The molecule has 2 saturated heterocycles. The summed E-state index contributed by atoms with van der Waals surface area (Å²) < 4.78 is 1.86. The zero-order valence-corrected chi connectivity index (χ0v) is 22.1. The molecule has 2 aromatic heterocycles. The number of piperazine rings is 1. The molecule has 8 heteroatoms. The molecule has 192 valence electrons. The van der Waals surface area contributed by atoms with E-state index in [1.807, 2.05) is 4.52 Å². The number of piperidine rings is 1. The number of likely N-dealkylation sites (N-methyl/N-ethyl adjacent to an activating group) is 1. The fourth-order valence-electron chi connectivity index (χ4n) is 5.80. The Morgan fingerprint density at radius 3 is 2.77 bits per heavy atom. The summed E-state index contributed by atoms with van der Waals surface area (Å²) in [7, 11) is 2.25. The maximum absolute atomic E-state index is 12.6. The number of amides is 1. The fraction of sp³-hybridized carbons (Fsp3) is 0.778. The van der Waals surface area contributed by atoms with E-state index in [1.165, 1.54) is 32.1 Å². The highest BCUT2D eigenvalue weighted by atomic mass is 16.1. The molecule has 35 heavy (non-hydrogen) atoms. The van der Waals surface area contributed by atoms with E-state index in [1.54, 1.807) is 0 Å². The number of rotatable bonds is 9. The van der Waals surface area contributed by atoms with Gasteiger partial charge in [0.15, 0.2) is 5.82 Å². The van der Waals surface area contributed by atoms with Gasteiger partial charge in [-0.1, -0.05) is 40.0 Å². The van der Waals surface area contributed by atoms with Crippen molar-refractivity contribution in [2.75, 3.05) is 38.1 Å². The molecule has 2 aromatic rings. The Balaban J connectivity index is 1.42. The molecule has 3 aliphatic rings. The van der Waals surface area contributed by atoms with Gasteiger partial charge in [0.2, 0.25) is 5.91 Å². The summed E-state index contributed by atoms with van der Waals surface area (Å²) in [6, 6.07) is 0. The van der Waals surface area contributed by atoms with Gasteiger partial charge in [-0.2, -0.15) is 10.1 Å². The summed E-state index contributed by atoms with van der Waals surface area (Å²) in [5, 5.41) is 8.09. The molecular formula is C27H43N7O. The first kappa shape index (κ1) is 24.5. The largest absolute Gasteiger partial charge is 0.356 e. The zero-order chi connectivity index (χ0) is 24.6. The van der Waals surface area contributed by atoms with Crippen LogP contribution in [0.15, 0.2) is 6.20 Å². The second-order valence-corrected chi connectivity index (χ2v) is 11.5. The van der Waals surface area contributed by atoms with Crippen LogP contribution in [0, 0.1) is 11.8 Å². The summed E-state index contributed by atoms with van der Waals surface area (Å²) in [6.45, 7) is 10.6. The van der Waals surface area contributed by atoms with Crippen molar-refractivity contribution in [1.82, 2.24) is 29.8 Å². The van der Waals surface area contributed by atoms with Gasteiger partial charge in [0.1, 0.15) is 5.69 Å². The van der Waals surface area contributed by atoms with E-state index in [0.29, 0.717) is 18.1 Å². The van der Waals surface area contributed by atoms with Gasteiger partial charge in [-0.3, -0.25) is 9.69 Å². The number of nitrogens with one attached hydrogen (secondary N) is 1. The third-order valence-corrected chi connectivity index (χ3v) is 8.88. The van der Waals surface area contributed by atoms with Crippen LogP contribution in [0.1, 0.15) is 89.4 Å². The summed E-state index contributed by atoms with van der Waals surface area (Å²) in [6.07, 6.45) is 12.0. The summed E-state index contributed by atoms with van der Waals surface area (Å²) in [4.78, 5) is 27.5. The second-order valence-electron chi connectivity index (χ2n) is 11.5. The number of aromatic nitrogens is 4. The van der Waals surface area contributed by atoms with Gasteiger partial charge in [-0.05, 0) is 45.1 Å². The first-order valence-electron chi connectivity index (χ1n) is 13.9. The molecule has 1 N–H and O–H groups in total. The minimum Gasteiger partial charge on any atom is -0.356 e. The summed E-state index contributed by atoms with van der Waals surface area (Å²) >= 11 is 0. The molecule has 1 spiro atoms. The van der Waals surface area contributed by atoms with E-state index >= 15 is 0 Å². The predicted molar refractivity (Wildman–Crippen MR) is 139 cm³/mol. The Hall–Kier alpha value is -2.22. The lowest BCUT2D eigenvalue weighted by atomic mass is 9.93. The lowest BCUT2D eigenvalue weighted by molar-refractivity contribution is -0.126. The van der Waals surface area contributed by atoms with Crippen molar-refractivity contribution in [1.29, 1.82) is 0 Å². The topological polar surface area (TPSA) is 78.7 Å². The molecule has 1 saturated carbocycles. The van der Waals surface area contributed by atoms with Crippen molar-refractivity contribution in [3.8, 4) is 0 Å². The molecule has 0 radical (unpaired) electrons. The van der Waals surface area contributed by atoms with Crippen LogP contribution in [0.5, 0.6) is 0 Å². The molecule has 0 aromatic carbocycles. The zero-order valence-electron chi connectivity index (χ0n) is 22.1. The van der Waals surface area contributed by atoms with Crippen molar-refractivity contribution in [3.63, 3.8) is 0 Å². The molecule has 2 unspecified atom stereocenters. The normalized spacial score (nSPS) is 24.1. The number of carbonyl (C=O) groups excluding carboxylic acids is 1. The number of imidazole rings is 1. The van der Waals surface area contributed by atoms with Gasteiger partial charge in [0.25, 0.3) is 5.78 Å². The second kappa shape index (κ2) is 10.0. The molecule has 2 aliphatic heterocycles. The molecule has 5 rings (SSSR count). The number of anilines is 1. The number of carbonyl (C=O) groups is 1. The highest BCUT2D eigenvalue weighted by Crippen LogP contribution is 2.44. The van der Waals surface area contributed by atoms with Gasteiger partial charge in [0.05, 0.1) is 11.9 Å². The Kier molecular flexibility index (Phi) is 7.02. The Bertz CT molecular complexity index is 1050. The number of hydrogen-bond donors (Lipinski definition) is 1. The van der Waals surface area contributed by atoms with Gasteiger partial charge >= 0.3 is 0 Å². The van der Waals surface area contributed by atoms with Crippen LogP contribution in [-0.4, -0.2) is 69.2 Å². The highest BCUT2D eigenvalue weighted by molar-refractivity contribution is 5.79. The van der Waals surface area contributed by atoms with Crippen molar-refractivity contribution >= 4 is 17.5 Å². The minimum atomic E-state index is -0.0286. The smallest absolute Gasteiger partial charge is 0.252 e. The van der Waals surface area contributed by atoms with Crippen LogP contribution in [-0.2, 0) is 11.2 Å².